The molecule has 2 aliphatic rings. The molecule has 0 bridgehead atoms. The molecule has 114 valence electrons. The van der Waals surface area contributed by atoms with E-state index in [0.717, 1.165) is 17.0 Å². The molecule has 0 spiro atoms. The Morgan fingerprint density at radius 1 is 1.41 bits per heavy atom. The quantitative estimate of drug-likeness (QED) is 0.860. The topological polar surface area (TPSA) is 76.4 Å². The molecule has 0 fully saturated rings. The Balaban J connectivity index is 1.59. The lowest BCUT2D eigenvalue weighted by Gasteiger charge is -2.20. The number of imidazole rings is 1. The SMILES string of the molecule is O=C(N[C@H]1c2ccccc2C[C@@H]1O)c1cnc2n1CCOC2. The number of aliphatic hydroxyl groups excluding tert-OH is 1. The first kappa shape index (κ1) is 13.5. The van der Waals surface area contributed by atoms with Crippen molar-refractivity contribution in [2.75, 3.05) is 6.61 Å². The van der Waals surface area contributed by atoms with Crippen LogP contribution >= 0.6 is 0 Å². The fourth-order valence-electron chi connectivity index (χ4n) is 3.24. The fourth-order valence-corrected chi connectivity index (χ4v) is 3.24. The zero-order valence-corrected chi connectivity index (χ0v) is 12.0. The van der Waals surface area contributed by atoms with Crippen LogP contribution in [0.1, 0.15) is 33.5 Å². The summed E-state index contributed by atoms with van der Waals surface area (Å²) in [5.41, 5.74) is 2.60. The van der Waals surface area contributed by atoms with Crippen LogP contribution in [-0.2, 0) is 24.3 Å². The standard InChI is InChI=1S/C16H17N3O3/c20-13-7-10-3-1-2-4-11(10)15(13)18-16(21)12-8-17-14-9-22-6-5-19(12)14/h1-4,8,13,15,20H,5-7,9H2,(H,18,21)/t13-,15-/m0/s1. The molecule has 0 saturated carbocycles. The molecule has 6 nitrogen and oxygen atoms in total. The maximum Gasteiger partial charge on any atom is 0.270 e. The average Bonchev–Trinajstić information content (AvgIpc) is 3.09. The molecule has 1 aliphatic carbocycles. The van der Waals surface area contributed by atoms with E-state index in [1.807, 2.05) is 28.8 Å². The van der Waals surface area contributed by atoms with E-state index >= 15 is 0 Å². The average molecular weight is 299 g/mol. The van der Waals surface area contributed by atoms with Crippen molar-refractivity contribution in [2.24, 2.45) is 0 Å². The second-order valence-corrected chi connectivity index (χ2v) is 5.69. The van der Waals surface area contributed by atoms with Crippen LogP contribution in [-0.4, -0.2) is 33.3 Å². The van der Waals surface area contributed by atoms with Crippen molar-refractivity contribution < 1.29 is 14.6 Å². The van der Waals surface area contributed by atoms with E-state index in [9.17, 15) is 9.90 Å². The summed E-state index contributed by atoms with van der Waals surface area (Å²) in [5.74, 6) is 0.560. The number of hydrogen-bond acceptors (Lipinski definition) is 4. The lowest BCUT2D eigenvalue weighted by molar-refractivity contribution is 0.0753. The lowest BCUT2D eigenvalue weighted by atomic mass is 10.1. The summed E-state index contributed by atoms with van der Waals surface area (Å²) in [5, 5.41) is 13.2. The van der Waals surface area contributed by atoms with Crippen LogP contribution in [0.4, 0.5) is 0 Å². The molecule has 1 aliphatic heterocycles. The Kier molecular flexibility index (Phi) is 3.20. The van der Waals surface area contributed by atoms with Gasteiger partial charge >= 0.3 is 0 Å². The smallest absolute Gasteiger partial charge is 0.270 e. The molecule has 4 rings (SSSR count). The van der Waals surface area contributed by atoms with Crippen molar-refractivity contribution in [3.8, 4) is 0 Å². The third kappa shape index (κ3) is 2.12. The summed E-state index contributed by atoms with van der Waals surface area (Å²) in [6.45, 7) is 1.64. The minimum atomic E-state index is -0.589. The second-order valence-electron chi connectivity index (χ2n) is 5.69. The molecule has 0 unspecified atom stereocenters. The number of fused-ring (bicyclic) bond motifs is 2. The van der Waals surface area contributed by atoms with E-state index in [2.05, 4.69) is 10.3 Å². The predicted octanol–water partition coefficient (Wildman–Crippen LogP) is 0.801. The molecule has 1 amide bonds. The van der Waals surface area contributed by atoms with Crippen molar-refractivity contribution >= 4 is 5.91 Å². The zero-order chi connectivity index (χ0) is 15.1. The number of carbonyl (C=O) groups excluding carboxylic acids is 1. The molecule has 6 heteroatoms. The summed E-state index contributed by atoms with van der Waals surface area (Å²) >= 11 is 0. The highest BCUT2D eigenvalue weighted by Crippen LogP contribution is 2.31. The molecule has 2 heterocycles. The molecular formula is C16H17N3O3. The first-order chi connectivity index (χ1) is 10.7. The maximum absolute atomic E-state index is 12.6. The summed E-state index contributed by atoms with van der Waals surface area (Å²) in [7, 11) is 0. The first-order valence-electron chi connectivity index (χ1n) is 7.43. The summed E-state index contributed by atoms with van der Waals surface area (Å²) in [6, 6.07) is 7.45. The first-order valence-corrected chi connectivity index (χ1v) is 7.43. The predicted molar refractivity (Wildman–Crippen MR) is 78.2 cm³/mol. The number of nitrogens with one attached hydrogen (secondary N) is 1. The Morgan fingerprint density at radius 2 is 2.27 bits per heavy atom. The molecule has 2 aromatic rings. The van der Waals surface area contributed by atoms with E-state index in [4.69, 9.17) is 4.74 Å². The normalized spacial score (nSPS) is 23.0. The molecule has 1 aromatic carbocycles. The fraction of sp³-hybridized carbons (Fsp3) is 0.375. The van der Waals surface area contributed by atoms with E-state index in [0.29, 0.717) is 31.9 Å². The maximum atomic E-state index is 12.6. The van der Waals surface area contributed by atoms with Crippen molar-refractivity contribution in [3.63, 3.8) is 0 Å². The van der Waals surface area contributed by atoms with Gasteiger partial charge in [-0.2, -0.15) is 0 Å². The van der Waals surface area contributed by atoms with Crippen molar-refractivity contribution in [1.82, 2.24) is 14.9 Å². The minimum absolute atomic E-state index is 0.207. The molecule has 0 radical (unpaired) electrons. The van der Waals surface area contributed by atoms with E-state index in [-0.39, 0.29) is 11.9 Å². The molecule has 2 N–H and O–H groups in total. The van der Waals surface area contributed by atoms with Crippen LogP contribution in [0.3, 0.4) is 0 Å². The number of nitrogens with zero attached hydrogens (tertiary/aromatic N) is 2. The monoisotopic (exact) mass is 299 g/mol. The highest BCUT2D eigenvalue weighted by molar-refractivity contribution is 5.93. The van der Waals surface area contributed by atoms with E-state index < -0.39 is 6.10 Å². The number of ether oxygens (including phenoxy) is 1. The van der Waals surface area contributed by atoms with Gasteiger partial charge < -0.3 is 19.7 Å². The Morgan fingerprint density at radius 3 is 3.18 bits per heavy atom. The van der Waals surface area contributed by atoms with Gasteiger partial charge in [0.1, 0.15) is 18.1 Å². The molecular weight excluding hydrogens is 282 g/mol. The largest absolute Gasteiger partial charge is 0.390 e. The number of rotatable bonds is 2. The highest BCUT2D eigenvalue weighted by Gasteiger charge is 2.33. The van der Waals surface area contributed by atoms with Crippen LogP contribution in [0.5, 0.6) is 0 Å². The molecule has 0 saturated heterocycles. The van der Waals surface area contributed by atoms with Gasteiger partial charge in [0, 0.05) is 13.0 Å². The summed E-state index contributed by atoms with van der Waals surface area (Å²) in [4.78, 5) is 16.8. The van der Waals surface area contributed by atoms with Gasteiger partial charge in [-0.05, 0) is 11.1 Å². The van der Waals surface area contributed by atoms with Gasteiger partial charge in [-0.25, -0.2) is 4.98 Å². The molecule has 22 heavy (non-hydrogen) atoms. The summed E-state index contributed by atoms with van der Waals surface area (Å²) in [6.07, 6.45) is 1.56. The number of amides is 1. The van der Waals surface area contributed by atoms with E-state index in [1.54, 1.807) is 6.20 Å². The van der Waals surface area contributed by atoms with Crippen LogP contribution in [0.15, 0.2) is 30.5 Å². The van der Waals surface area contributed by atoms with Gasteiger partial charge in [-0.1, -0.05) is 24.3 Å². The zero-order valence-electron chi connectivity index (χ0n) is 12.0. The van der Waals surface area contributed by atoms with Gasteiger partial charge in [0.15, 0.2) is 0 Å². The van der Waals surface area contributed by atoms with Crippen LogP contribution < -0.4 is 5.32 Å². The van der Waals surface area contributed by atoms with Crippen LogP contribution in [0.25, 0.3) is 0 Å². The molecule has 2 atom stereocenters. The van der Waals surface area contributed by atoms with Gasteiger partial charge in [0.05, 0.1) is 24.9 Å². The third-order valence-corrected chi connectivity index (χ3v) is 4.35. The van der Waals surface area contributed by atoms with E-state index in [1.165, 1.54) is 0 Å². The van der Waals surface area contributed by atoms with Crippen molar-refractivity contribution in [2.45, 2.75) is 31.7 Å². The number of hydrogen-bond donors (Lipinski definition) is 2. The van der Waals surface area contributed by atoms with Gasteiger partial charge in [-0.3, -0.25) is 4.79 Å². The highest BCUT2D eigenvalue weighted by atomic mass is 16.5. The van der Waals surface area contributed by atoms with Crippen molar-refractivity contribution in [1.29, 1.82) is 0 Å². The number of carbonyl (C=O) groups is 1. The van der Waals surface area contributed by atoms with Gasteiger partial charge in [0.25, 0.3) is 5.91 Å². The van der Waals surface area contributed by atoms with Crippen LogP contribution in [0.2, 0.25) is 0 Å². The third-order valence-electron chi connectivity index (χ3n) is 4.35. The van der Waals surface area contributed by atoms with Gasteiger partial charge in [0.2, 0.25) is 0 Å². The van der Waals surface area contributed by atoms with Crippen molar-refractivity contribution in [3.05, 3.63) is 53.1 Å². The number of benzene rings is 1. The summed E-state index contributed by atoms with van der Waals surface area (Å²) < 4.78 is 7.21. The number of aromatic nitrogens is 2. The second kappa shape index (κ2) is 5.23. The molecule has 1 aromatic heterocycles. The van der Waals surface area contributed by atoms with Crippen LogP contribution in [0, 0.1) is 0 Å². The lowest BCUT2D eigenvalue weighted by Crippen LogP contribution is -2.35. The Labute approximate surface area is 127 Å². The van der Waals surface area contributed by atoms with Gasteiger partial charge in [-0.15, -0.1) is 0 Å². The minimum Gasteiger partial charge on any atom is -0.390 e. The number of aliphatic hydroxyl groups is 1. The Hall–Kier alpha value is -2.18. The Bertz CT molecular complexity index is 725.